The van der Waals surface area contributed by atoms with E-state index in [0.717, 1.165) is 102 Å². The SMILES string of the molecule is BrCCBr.N=c1ncn(CCBr)c2nc(Sc3cc4c(cc3Br)OCO4)[nH]c12.Nc1ncnc2c1nc(Sc1cc3c(cc1Br)OCO3)n2CCBr.Nc1ncnc2nc(Sc3cc4c(cc3Br)OCO4)[nH]c12. The molecule has 12 rings (SSSR count). The van der Waals surface area contributed by atoms with Crippen LogP contribution in [0.5, 0.6) is 34.5 Å². The number of nitrogens with zero attached hydrogens (tertiary/aromatic N) is 10. The molecule has 3 aliphatic rings. The zero-order valence-electron chi connectivity index (χ0n) is 37.0. The maximum atomic E-state index is 7.97. The lowest BCUT2D eigenvalue weighted by Gasteiger charge is -2.08. The highest BCUT2D eigenvalue weighted by molar-refractivity contribution is 9.12. The summed E-state index contributed by atoms with van der Waals surface area (Å²) in [5.41, 5.74) is 15.8. The van der Waals surface area contributed by atoms with Crippen molar-refractivity contribution in [2.24, 2.45) is 0 Å². The Morgan fingerprint density at radius 1 is 0.548 bits per heavy atom. The second-order valence-electron chi connectivity index (χ2n) is 14.5. The Labute approximate surface area is 485 Å². The Morgan fingerprint density at radius 2 is 1.04 bits per heavy atom. The number of H-pyrrole nitrogens is 2. The van der Waals surface area contributed by atoms with Crippen LogP contribution >= 0.6 is 147 Å². The van der Waals surface area contributed by atoms with Gasteiger partial charge in [0.1, 0.15) is 23.7 Å². The molecule has 0 fully saturated rings. The van der Waals surface area contributed by atoms with Gasteiger partial charge in [-0.1, -0.05) is 99.0 Å². The van der Waals surface area contributed by atoms with Crippen LogP contribution in [-0.2, 0) is 13.1 Å². The minimum Gasteiger partial charge on any atom is -0.454 e. The number of anilines is 2. The van der Waals surface area contributed by atoms with E-state index in [-0.39, 0.29) is 25.9 Å². The number of aromatic nitrogens is 12. The molecule has 0 radical (unpaired) electrons. The molecular formula is C42H34Br7N15O6S3. The van der Waals surface area contributed by atoms with Gasteiger partial charge in [0.15, 0.2) is 89.5 Å². The molecule has 0 aliphatic carbocycles. The molecule has 380 valence electrons. The van der Waals surface area contributed by atoms with E-state index in [4.69, 9.17) is 45.3 Å². The Bertz CT molecular complexity index is 3530. The number of halogens is 7. The maximum absolute atomic E-state index is 7.97. The summed E-state index contributed by atoms with van der Waals surface area (Å²) in [5.74, 6) is 5.10. The van der Waals surface area contributed by atoms with Crippen LogP contribution in [0.1, 0.15) is 0 Å². The number of fused-ring (bicyclic) bond motifs is 6. The van der Waals surface area contributed by atoms with Crippen LogP contribution in [0.15, 0.2) is 99.0 Å². The van der Waals surface area contributed by atoms with Gasteiger partial charge < -0.3 is 59.0 Å². The quantitative estimate of drug-likeness (QED) is 0.0753. The summed E-state index contributed by atoms with van der Waals surface area (Å²) < 4.78 is 39.0. The molecule has 31 heteroatoms. The van der Waals surface area contributed by atoms with Crippen LogP contribution in [0.3, 0.4) is 0 Å². The number of imidazole rings is 3. The predicted octanol–water partition coefficient (Wildman–Crippen LogP) is 11.1. The Kier molecular flexibility index (Phi) is 18.2. The number of aromatic amines is 2. The van der Waals surface area contributed by atoms with Crippen molar-refractivity contribution in [1.82, 2.24) is 59.0 Å². The first-order chi connectivity index (χ1) is 35.4. The predicted molar refractivity (Wildman–Crippen MR) is 302 cm³/mol. The number of aryl methyl sites for hydroxylation is 2. The van der Waals surface area contributed by atoms with Gasteiger partial charge in [-0.25, -0.2) is 39.9 Å². The fraction of sp³-hybridized carbons (Fsp3) is 0.214. The summed E-state index contributed by atoms with van der Waals surface area (Å²) in [6, 6.07) is 11.4. The molecule has 21 nitrogen and oxygen atoms in total. The first-order valence-electron chi connectivity index (χ1n) is 20.9. The third-order valence-electron chi connectivity index (χ3n) is 9.92. The molecule has 9 heterocycles. The van der Waals surface area contributed by atoms with E-state index in [2.05, 4.69) is 161 Å². The van der Waals surface area contributed by atoms with E-state index in [1.165, 1.54) is 47.9 Å². The molecule has 3 aromatic carbocycles. The topological polar surface area (TPSA) is 276 Å². The highest BCUT2D eigenvalue weighted by atomic mass is 79.9. The number of ether oxygens (including phenoxy) is 6. The van der Waals surface area contributed by atoms with Crippen molar-refractivity contribution >= 4 is 192 Å². The highest BCUT2D eigenvalue weighted by Crippen LogP contribution is 2.45. The molecule has 0 atom stereocenters. The minimum atomic E-state index is 0.180. The summed E-state index contributed by atoms with van der Waals surface area (Å²) in [6.07, 6.45) is 4.48. The van der Waals surface area contributed by atoms with Gasteiger partial charge in [-0.15, -0.1) is 0 Å². The third-order valence-corrected chi connectivity index (χ3v) is 18.2. The molecule has 7 N–H and O–H groups in total. The average Bonchev–Trinajstić information content (AvgIpc) is 4.26. The van der Waals surface area contributed by atoms with Crippen molar-refractivity contribution in [2.75, 3.05) is 53.2 Å². The van der Waals surface area contributed by atoms with Crippen molar-refractivity contribution in [3.05, 3.63) is 74.3 Å². The molecule has 0 saturated carbocycles. The van der Waals surface area contributed by atoms with Crippen LogP contribution in [0.25, 0.3) is 33.5 Å². The van der Waals surface area contributed by atoms with E-state index < -0.39 is 0 Å². The van der Waals surface area contributed by atoms with Crippen molar-refractivity contribution in [1.29, 1.82) is 5.41 Å². The molecule has 3 aliphatic heterocycles. The van der Waals surface area contributed by atoms with Crippen LogP contribution in [-0.4, -0.2) is 101 Å². The Hall–Kier alpha value is -4.08. The van der Waals surface area contributed by atoms with Crippen LogP contribution in [0, 0.1) is 5.41 Å². The molecule has 0 spiro atoms. The number of nitrogens with one attached hydrogen (secondary N) is 3. The molecule has 6 aromatic heterocycles. The summed E-state index contributed by atoms with van der Waals surface area (Å²) in [6.45, 7) is 2.17. The van der Waals surface area contributed by atoms with Gasteiger partial charge in [-0.05, 0) is 84.2 Å². The van der Waals surface area contributed by atoms with Gasteiger partial charge in [0, 0.05) is 62.5 Å². The van der Waals surface area contributed by atoms with Gasteiger partial charge >= 0.3 is 0 Å². The minimum absolute atomic E-state index is 0.180. The molecule has 0 bridgehead atoms. The van der Waals surface area contributed by atoms with Gasteiger partial charge in [-0.3, -0.25) is 5.41 Å². The van der Waals surface area contributed by atoms with E-state index in [0.29, 0.717) is 55.5 Å². The molecular weight excluding hydrogens is 1470 g/mol. The number of alkyl halides is 4. The average molecular weight is 1500 g/mol. The standard InChI is InChI=1S/2C14H11Br2N5O2S.C12H8BrN5O2S.C2H4Br2/c15-1-2-21-5-18-12(17)11-13(21)20-14(19-11)24-10-4-9-8(3-7(10)16)22-6-23-9;15-1-2-21-13-11(12(17)18-5-19-13)20-14(21)24-10-4-9-8(3-7(10)16)22-6-23-9;13-5-1-6-7(20-4-19-6)2-8(5)21-12-17-9-10(14)15-3-16-11(9)18-12;3-1-2-4/h3-5,17H,1-2,6H2,(H,19,20);3-5H,1-2,6H2,(H2,17,18,19);1-3H,4H2,(H3,14,15,16,17,18);1-2H2. The third kappa shape index (κ3) is 12.5. The summed E-state index contributed by atoms with van der Waals surface area (Å²) in [7, 11) is 0. The monoisotopic (exact) mass is 1490 g/mol. The maximum Gasteiger partial charge on any atom is 0.231 e. The smallest absolute Gasteiger partial charge is 0.231 e. The zero-order valence-corrected chi connectivity index (χ0v) is 50.6. The molecule has 73 heavy (non-hydrogen) atoms. The lowest BCUT2D eigenvalue weighted by Crippen LogP contribution is -2.13. The normalized spacial score (nSPS) is 12.6. The first kappa shape index (κ1) is 53.7. The summed E-state index contributed by atoms with van der Waals surface area (Å²) in [5, 5.41) is 13.8. The second kappa shape index (κ2) is 24.7. The van der Waals surface area contributed by atoms with Crippen molar-refractivity contribution < 1.29 is 28.4 Å². The van der Waals surface area contributed by atoms with E-state index in [1.807, 2.05) is 45.5 Å². The summed E-state index contributed by atoms with van der Waals surface area (Å²) in [4.78, 5) is 43.2. The lowest BCUT2D eigenvalue weighted by atomic mass is 10.3. The molecule has 0 saturated heterocycles. The van der Waals surface area contributed by atoms with Crippen molar-refractivity contribution in [3.8, 4) is 34.5 Å². The lowest BCUT2D eigenvalue weighted by molar-refractivity contribution is 0.173. The fourth-order valence-corrected chi connectivity index (χ4v) is 11.7. The van der Waals surface area contributed by atoms with E-state index in [9.17, 15) is 0 Å². The fourth-order valence-electron chi connectivity index (χ4n) is 6.67. The van der Waals surface area contributed by atoms with Crippen LogP contribution in [0.2, 0.25) is 0 Å². The number of nitrogens with two attached hydrogens (primary N) is 2. The Balaban J connectivity index is 0.000000130. The van der Waals surface area contributed by atoms with E-state index in [1.54, 1.807) is 6.33 Å². The largest absolute Gasteiger partial charge is 0.454 e. The van der Waals surface area contributed by atoms with Gasteiger partial charge in [0.2, 0.25) is 20.4 Å². The first-order valence-corrected chi connectivity index (χ1v) is 30.2. The number of hydrogen-bond donors (Lipinski definition) is 5. The van der Waals surface area contributed by atoms with Crippen LogP contribution in [0.4, 0.5) is 11.6 Å². The van der Waals surface area contributed by atoms with E-state index >= 15 is 0 Å². The summed E-state index contributed by atoms with van der Waals surface area (Å²) >= 11 is 28.3. The van der Waals surface area contributed by atoms with Gasteiger partial charge in [0.05, 0.1) is 6.33 Å². The number of hydrogen-bond acceptors (Lipinski definition) is 20. The Morgan fingerprint density at radius 3 is 1.58 bits per heavy atom. The van der Waals surface area contributed by atoms with Gasteiger partial charge in [-0.2, -0.15) is 0 Å². The van der Waals surface area contributed by atoms with Crippen LogP contribution < -0.4 is 45.4 Å². The second-order valence-corrected chi connectivity index (χ2v) is 23.3. The zero-order chi connectivity index (χ0) is 51.2. The van der Waals surface area contributed by atoms with Crippen molar-refractivity contribution in [2.45, 2.75) is 43.2 Å². The number of rotatable bonds is 11. The molecule has 0 unspecified atom stereocenters. The molecule has 0 amide bonds. The number of nitrogen functional groups attached to an aromatic ring is 2. The number of benzene rings is 3. The van der Waals surface area contributed by atoms with Gasteiger partial charge in [0.25, 0.3) is 0 Å². The highest BCUT2D eigenvalue weighted by Gasteiger charge is 2.23. The molecule has 9 aromatic rings. The van der Waals surface area contributed by atoms with Crippen molar-refractivity contribution in [3.63, 3.8) is 0 Å².